The molecule has 1 aromatic carbocycles. The predicted molar refractivity (Wildman–Crippen MR) is 75.8 cm³/mol. The van der Waals surface area contributed by atoms with Gasteiger partial charge in [0.25, 0.3) is 0 Å². The van der Waals surface area contributed by atoms with Crippen LogP contribution in [0.1, 0.15) is 37.7 Å². The zero-order valence-electron chi connectivity index (χ0n) is 11.2. The fourth-order valence-electron chi connectivity index (χ4n) is 3.32. The molecule has 1 atom stereocenters. The summed E-state index contributed by atoms with van der Waals surface area (Å²) in [4.78, 5) is 5.06. The van der Waals surface area contributed by atoms with Crippen LogP contribution in [-0.4, -0.2) is 18.1 Å². The molecule has 1 aliphatic rings. The summed E-state index contributed by atoms with van der Waals surface area (Å²) in [5.74, 6) is 0. The van der Waals surface area contributed by atoms with E-state index in [4.69, 9.17) is 0 Å². The Hall–Kier alpha value is -1.28. The summed E-state index contributed by atoms with van der Waals surface area (Å²) in [5.41, 5.74) is 2.73. The van der Waals surface area contributed by atoms with Gasteiger partial charge in [-0.05, 0) is 31.7 Å². The lowest BCUT2D eigenvalue weighted by atomic mass is 9.94. The molecule has 96 valence electrons. The number of aromatic amines is 1. The second kappa shape index (κ2) is 5.15. The molecule has 0 saturated heterocycles. The molecule has 1 unspecified atom stereocenters. The maximum atomic E-state index is 3.38. The van der Waals surface area contributed by atoms with Crippen LogP contribution in [0.4, 0.5) is 0 Å². The van der Waals surface area contributed by atoms with Gasteiger partial charge in [-0.2, -0.15) is 0 Å². The van der Waals surface area contributed by atoms with Gasteiger partial charge in [-0.3, -0.25) is 0 Å². The van der Waals surface area contributed by atoms with Gasteiger partial charge in [-0.1, -0.05) is 24.6 Å². The van der Waals surface area contributed by atoms with E-state index in [2.05, 4.69) is 42.5 Å². The van der Waals surface area contributed by atoms with Gasteiger partial charge in [-0.15, -0.1) is 0 Å². The van der Waals surface area contributed by atoms with Crippen LogP contribution in [-0.2, 0) is 6.54 Å². The van der Waals surface area contributed by atoms with Crippen LogP contribution < -0.4 is 4.90 Å². The average Bonchev–Trinajstić information content (AvgIpc) is 2.83. The molecule has 1 heterocycles. The van der Waals surface area contributed by atoms with Crippen LogP contribution in [0.25, 0.3) is 10.9 Å². The molecule has 3 rings (SSSR count). The summed E-state index contributed by atoms with van der Waals surface area (Å²) in [6.45, 7) is 1.15. The molecule has 0 bridgehead atoms. The van der Waals surface area contributed by atoms with Crippen molar-refractivity contribution in [3.63, 3.8) is 0 Å². The van der Waals surface area contributed by atoms with Gasteiger partial charge in [0, 0.05) is 22.7 Å². The number of H-pyrrole nitrogens is 1. The summed E-state index contributed by atoms with van der Waals surface area (Å²) in [6, 6.07) is 9.49. The van der Waals surface area contributed by atoms with Crippen LogP contribution >= 0.6 is 0 Å². The van der Waals surface area contributed by atoms with E-state index >= 15 is 0 Å². The Morgan fingerprint density at radius 3 is 2.78 bits per heavy atom. The van der Waals surface area contributed by atoms with Gasteiger partial charge in [0.1, 0.15) is 6.54 Å². The second-order valence-corrected chi connectivity index (χ2v) is 5.72. The minimum atomic E-state index is 0.868. The van der Waals surface area contributed by atoms with E-state index in [9.17, 15) is 0 Å². The number of para-hydroxylation sites is 1. The van der Waals surface area contributed by atoms with Gasteiger partial charge < -0.3 is 9.88 Å². The predicted octanol–water partition coefficient (Wildman–Crippen LogP) is 2.52. The van der Waals surface area contributed by atoms with Crippen molar-refractivity contribution in [1.29, 1.82) is 0 Å². The van der Waals surface area contributed by atoms with Crippen LogP contribution in [0.15, 0.2) is 30.5 Å². The smallest absolute Gasteiger partial charge is 0.105 e. The maximum absolute atomic E-state index is 3.38. The highest BCUT2D eigenvalue weighted by Crippen LogP contribution is 2.18. The molecule has 0 aliphatic heterocycles. The first-order valence-corrected chi connectivity index (χ1v) is 7.22. The monoisotopic (exact) mass is 243 g/mol. The number of hydrogen-bond donors (Lipinski definition) is 2. The Morgan fingerprint density at radius 2 is 1.94 bits per heavy atom. The lowest BCUT2D eigenvalue weighted by Gasteiger charge is -2.28. The highest BCUT2D eigenvalue weighted by molar-refractivity contribution is 5.82. The van der Waals surface area contributed by atoms with E-state index in [0.29, 0.717) is 0 Å². The third-order valence-electron chi connectivity index (χ3n) is 4.45. The van der Waals surface area contributed by atoms with Gasteiger partial charge in [0.2, 0.25) is 0 Å². The molecule has 1 aliphatic carbocycles. The molecule has 1 fully saturated rings. The minimum Gasteiger partial charge on any atom is -0.361 e. The van der Waals surface area contributed by atoms with Crippen molar-refractivity contribution in [2.75, 3.05) is 7.05 Å². The van der Waals surface area contributed by atoms with Crippen molar-refractivity contribution < 1.29 is 4.90 Å². The normalized spacial score (nSPS) is 19.2. The number of nitrogens with one attached hydrogen (secondary N) is 2. The summed E-state index contributed by atoms with van der Waals surface area (Å²) >= 11 is 0. The molecule has 18 heavy (non-hydrogen) atoms. The van der Waals surface area contributed by atoms with Crippen molar-refractivity contribution in [3.05, 3.63) is 36.0 Å². The largest absolute Gasteiger partial charge is 0.361 e. The zero-order chi connectivity index (χ0) is 12.4. The fourth-order valence-corrected chi connectivity index (χ4v) is 3.32. The summed E-state index contributed by atoms with van der Waals surface area (Å²) in [6.07, 6.45) is 9.31. The van der Waals surface area contributed by atoms with Crippen molar-refractivity contribution in [3.8, 4) is 0 Å². The lowest BCUT2D eigenvalue weighted by molar-refractivity contribution is -0.920. The molecule has 1 saturated carbocycles. The van der Waals surface area contributed by atoms with Crippen molar-refractivity contribution >= 4 is 10.9 Å². The standard InChI is InChI=1S/C16H22N2/c1-18(14-7-3-2-4-8-14)12-13-11-17-16-10-6-5-9-15(13)16/h5-6,9-11,14,17H,2-4,7-8,12H2,1H3/p+1. The van der Waals surface area contributed by atoms with E-state index in [-0.39, 0.29) is 0 Å². The van der Waals surface area contributed by atoms with E-state index < -0.39 is 0 Å². The van der Waals surface area contributed by atoms with E-state index in [1.807, 2.05) is 0 Å². The molecule has 2 heteroatoms. The van der Waals surface area contributed by atoms with Crippen LogP contribution in [0.2, 0.25) is 0 Å². The molecule has 0 amide bonds. The highest BCUT2D eigenvalue weighted by Gasteiger charge is 2.22. The van der Waals surface area contributed by atoms with Crippen LogP contribution in [0.3, 0.4) is 0 Å². The minimum absolute atomic E-state index is 0.868. The molecule has 1 aromatic heterocycles. The summed E-state index contributed by atoms with van der Waals surface area (Å²) < 4.78 is 0. The first-order chi connectivity index (χ1) is 8.84. The molecule has 2 aromatic rings. The molecule has 2 nitrogen and oxygen atoms in total. The Balaban J connectivity index is 1.75. The van der Waals surface area contributed by atoms with E-state index in [0.717, 1.165) is 12.6 Å². The first kappa shape index (κ1) is 11.8. The number of fused-ring (bicyclic) bond motifs is 1. The van der Waals surface area contributed by atoms with Gasteiger partial charge in [0.05, 0.1) is 13.1 Å². The highest BCUT2D eigenvalue weighted by atomic mass is 15.1. The number of benzene rings is 1. The Bertz CT molecular complexity index is 509. The first-order valence-electron chi connectivity index (χ1n) is 7.22. The van der Waals surface area contributed by atoms with Gasteiger partial charge in [-0.25, -0.2) is 0 Å². The van der Waals surface area contributed by atoms with Crippen molar-refractivity contribution in [1.82, 2.24) is 4.98 Å². The zero-order valence-corrected chi connectivity index (χ0v) is 11.2. The number of quaternary nitrogens is 1. The SMILES string of the molecule is C[NH+](Cc1c[nH]c2ccccc12)C1CCCCC1. The molecular weight excluding hydrogens is 220 g/mol. The Kier molecular flexibility index (Phi) is 3.37. The molecular formula is C16H23N2+. The number of hydrogen-bond acceptors (Lipinski definition) is 0. The third kappa shape index (κ3) is 2.30. The lowest BCUT2D eigenvalue weighted by Crippen LogP contribution is -3.11. The van der Waals surface area contributed by atoms with Gasteiger partial charge in [0.15, 0.2) is 0 Å². The second-order valence-electron chi connectivity index (χ2n) is 5.72. The van der Waals surface area contributed by atoms with Crippen molar-refractivity contribution in [2.45, 2.75) is 44.7 Å². The maximum Gasteiger partial charge on any atom is 0.105 e. The number of aromatic nitrogens is 1. The quantitative estimate of drug-likeness (QED) is 0.826. The number of rotatable bonds is 3. The van der Waals surface area contributed by atoms with Crippen LogP contribution in [0, 0.1) is 0 Å². The third-order valence-corrected chi connectivity index (χ3v) is 4.45. The van der Waals surface area contributed by atoms with E-state index in [1.165, 1.54) is 48.6 Å². The molecule has 0 spiro atoms. The van der Waals surface area contributed by atoms with Gasteiger partial charge >= 0.3 is 0 Å². The van der Waals surface area contributed by atoms with Crippen molar-refractivity contribution in [2.24, 2.45) is 0 Å². The average molecular weight is 243 g/mol. The topological polar surface area (TPSA) is 20.2 Å². The van der Waals surface area contributed by atoms with Crippen LogP contribution in [0.5, 0.6) is 0 Å². The fraction of sp³-hybridized carbons (Fsp3) is 0.500. The molecule has 0 radical (unpaired) electrons. The summed E-state index contributed by atoms with van der Waals surface area (Å²) in [7, 11) is 2.36. The summed E-state index contributed by atoms with van der Waals surface area (Å²) in [5, 5.41) is 1.40. The Morgan fingerprint density at radius 1 is 1.17 bits per heavy atom. The molecule has 2 N–H and O–H groups in total. The van der Waals surface area contributed by atoms with E-state index in [1.54, 1.807) is 4.90 Å². The Labute approximate surface area is 109 Å².